The van der Waals surface area contributed by atoms with Gasteiger partial charge in [0, 0.05) is 44.7 Å². The lowest BCUT2D eigenvalue weighted by atomic mass is 9.95. The van der Waals surface area contributed by atoms with Gasteiger partial charge in [-0.15, -0.1) is 0 Å². The van der Waals surface area contributed by atoms with E-state index in [-0.39, 0.29) is 29.7 Å². The quantitative estimate of drug-likeness (QED) is 0.899. The first kappa shape index (κ1) is 17.5. The van der Waals surface area contributed by atoms with Crippen molar-refractivity contribution in [3.8, 4) is 0 Å². The summed E-state index contributed by atoms with van der Waals surface area (Å²) in [6, 6.07) is 9.21. The van der Waals surface area contributed by atoms with Crippen LogP contribution >= 0.6 is 0 Å². The monoisotopic (exact) mass is 343 g/mol. The molecule has 0 bridgehead atoms. The Kier molecular flexibility index (Phi) is 5.36. The zero-order chi connectivity index (χ0) is 17.8. The number of likely N-dealkylation sites (N-methyl/N-ethyl adjacent to an activating group) is 1. The van der Waals surface area contributed by atoms with Crippen molar-refractivity contribution in [2.45, 2.75) is 31.7 Å². The zero-order valence-electron chi connectivity index (χ0n) is 14.6. The predicted octanol–water partition coefficient (Wildman–Crippen LogP) is 1.28. The lowest BCUT2D eigenvalue weighted by Gasteiger charge is -2.35. The predicted molar refractivity (Wildman–Crippen MR) is 93.9 cm³/mol. The molecule has 2 heterocycles. The summed E-state index contributed by atoms with van der Waals surface area (Å²) in [4.78, 5) is 40.2. The van der Waals surface area contributed by atoms with Gasteiger partial charge in [-0.3, -0.25) is 14.4 Å². The Morgan fingerprint density at radius 1 is 1.12 bits per heavy atom. The van der Waals surface area contributed by atoms with Crippen LogP contribution in [0.5, 0.6) is 0 Å². The first-order valence-electron chi connectivity index (χ1n) is 8.93. The summed E-state index contributed by atoms with van der Waals surface area (Å²) in [6.45, 7) is 1.71. The molecular formula is C19H25N3O3. The van der Waals surface area contributed by atoms with E-state index in [2.05, 4.69) is 5.32 Å². The third-order valence-corrected chi connectivity index (χ3v) is 5.07. The van der Waals surface area contributed by atoms with E-state index in [9.17, 15) is 14.4 Å². The highest BCUT2D eigenvalue weighted by Crippen LogP contribution is 2.20. The average Bonchev–Trinajstić information content (AvgIpc) is 2.65. The zero-order valence-corrected chi connectivity index (χ0v) is 14.6. The first-order valence-corrected chi connectivity index (χ1v) is 8.93. The smallest absolute Gasteiger partial charge is 0.253 e. The summed E-state index contributed by atoms with van der Waals surface area (Å²) in [6.07, 6.45) is 2.80. The second kappa shape index (κ2) is 7.68. The molecule has 2 fully saturated rings. The number of nitrogens with one attached hydrogen (secondary N) is 1. The maximum absolute atomic E-state index is 12.6. The van der Waals surface area contributed by atoms with Crippen molar-refractivity contribution in [2.75, 3.05) is 26.7 Å². The minimum atomic E-state index is -0.177. The molecule has 2 atom stereocenters. The second-order valence-corrected chi connectivity index (χ2v) is 6.97. The lowest BCUT2D eigenvalue weighted by molar-refractivity contribution is -0.135. The largest absolute Gasteiger partial charge is 0.351 e. The van der Waals surface area contributed by atoms with Crippen molar-refractivity contribution < 1.29 is 14.4 Å². The van der Waals surface area contributed by atoms with Crippen LogP contribution in [-0.4, -0.2) is 60.2 Å². The van der Waals surface area contributed by atoms with Gasteiger partial charge in [-0.05, 0) is 31.4 Å². The number of hydrogen-bond acceptors (Lipinski definition) is 3. The van der Waals surface area contributed by atoms with Crippen LogP contribution in [-0.2, 0) is 9.59 Å². The van der Waals surface area contributed by atoms with Crippen LogP contribution in [0.2, 0.25) is 0 Å². The highest BCUT2D eigenvalue weighted by atomic mass is 16.2. The number of carbonyl (C=O) groups excluding carboxylic acids is 3. The van der Waals surface area contributed by atoms with Crippen LogP contribution in [0.15, 0.2) is 30.3 Å². The number of piperidine rings is 2. The highest BCUT2D eigenvalue weighted by Gasteiger charge is 2.31. The molecule has 0 aromatic heterocycles. The van der Waals surface area contributed by atoms with Crippen LogP contribution < -0.4 is 5.32 Å². The number of benzene rings is 1. The van der Waals surface area contributed by atoms with Crippen molar-refractivity contribution in [1.29, 1.82) is 0 Å². The fourth-order valence-electron chi connectivity index (χ4n) is 3.59. The number of amides is 3. The molecule has 3 amide bonds. The summed E-state index contributed by atoms with van der Waals surface area (Å²) < 4.78 is 0. The van der Waals surface area contributed by atoms with E-state index in [0.29, 0.717) is 38.0 Å². The van der Waals surface area contributed by atoms with Crippen LogP contribution in [0.4, 0.5) is 0 Å². The van der Waals surface area contributed by atoms with Gasteiger partial charge >= 0.3 is 0 Å². The van der Waals surface area contributed by atoms with Gasteiger partial charge in [0.15, 0.2) is 0 Å². The molecule has 6 heteroatoms. The Labute approximate surface area is 148 Å². The van der Waals surface area contributed by atoms with Gasteiger partial charge < -0.3 is 15.1 Å². The molecule has 0 radical (unpaired) electrons. The molecule has 1 N–H and O–H groups in total. The van der Waals surface area contributed by atoms with Crippen LogP contribution in [0.25, 0.3) is 0 Å². The van der Waals surface area contributed by atoms with Crippen molar-refractivity contribution in [1.82, 2.24) is 15.1 Å². The van der Waals surface area contributed by atoms with Gasteiger partial charge in [0.05, 0.1) is 5.92 Å². The Morgan fingerprint density at radius 3 is 2.60 bits per heavy atom. The normalized spacial score (nSPS) is 24.1. The number of nitrogens with zero attached hydrogens (tertiary/aromatic N) is 2. The van der Waals surface area contributed by atoms with E-state index in [1.807, 2.05) is 18.2 Å². The topological polar surface area (TPSA) is 69.7 Å². The molecule has 0 spiro atoms. The molecule has 2 unspecified atom stereocenters. The summed E-state index contributed by atoms with van der Waals surface area (Å²) in [7, 11) is 1.77. The fraction of sp³-hybridized carbons (Fsp3) is 0.526. The SMILES string of the molecule is CN1CC(NC(=O)C2CCCN(C(=O)c3ccccc3)C2)CCC1=O. The molecule has 0 aliphatic carbocycles. The van der Waals surface area contributed by atoms with Gasteiger partial charge in [-0.1, -0.05) is 18.2 Å². The molecule has 6 nitrogen and oxygen atoms in total. The Hall–Kier alpha value is -2.37. The molecule has 2 aliphatic heterocycles. The molecular weight excluding hydrogens is 318 g/mol. The van der Waals surface area contributed by atoms with Crippen molar-refractivity contribution >= 4 is 17.7 Å². The maximum Gasteiger partial charge on any atom is 0.253 e. The molecule has 3 rings (SSSR count). The molecule has 25 heavy (non-hydrogen) atoms. The number of carbonyl (C=O) groups is 3. The van der Waals surface area contributed by atoms with Crippen molar-refractivity contribution in [2.24, 2.45) is 5.92 Å². The van der Waals surface area contributed by atoms with E-state index >= 15 is 0 Å². The first-order chi connectivity index (χ1) is 12.0. The summed E-state index contributed by atoms with van der Waals surface area (Å²) in [5.74, 6) is -0.0634. The standard InChI is InChI=1S/C19H25N3O3/c1-21-13-16(9-10-17(21)23)20-18(24)15-8-5-11-22(12-15)19(25)14-6-3-2-4-7-14/h2-4,6-7,15-16H,5,8-13H2,1H3,(H,20,24). The van der Waals surface area contributed by atoms with Gasteiger partial charge in [0.1, 0.15) is 0 Å². The van der Waals surface area contributed by atoms with E-state index < -0.39 is 0 Å². The van der Waals surface area contributed by atoms with Crippen LogP contribution in [0.3, 0.4) is 0 Å². The molecule has 134 valence electrons. The van der Waals surface area contributed by atoms with E-state index in [1.54, 1.807) is 29.0 Å². The van der Waals surface area contributed by atoms with Gasteiger partial charge in [0.2, 0.25) is 11.8 Å². The van der Waals surface area contributed by atoms with Gasteiger partial charge in [0.25, 0.3) is 5.91 Å². The van der Waals surface area contributed by atoms with Crippen LogP contribution in [0, 0.1) is 5.92 Å². The van der Waals surface area contributed by atoms with E-state index in [0.717, 1.165) is 12.8 Å². The Bertz CT molecular complexity index is 647. The average molecular weight is 343 g/mol. The van der Waals surface area contributed by atoms with Crippen molar-refractivity contribution in [3.05, 3.63) is 35.9 Å². The van der Waals surface area contributed by atoms with Gasteiger partial charge in [-0.25, -0.2) is 0 Å². The molecule has 0 saturated carbocycles. The van der Waals surface area contributed by atoms with Gasteiger partial charge in [-0.2, -0.15) is 0 Å². The summed E-state index contributed by atoms with van der Waals surface area (Å²) in [5, 5.41) is 3.07. The minimum Gasteiger partial charge on any atom is -0.351 e. The van der Waals surface area contributed by atoms with E-state index in [4.69, 9.17) is 0 Å². The highest BCUT2D eigenvalue weighted by molar-refractivity contribution is 5.94. The number of likely N-dealkylation sites (tertiary alicyclic amines) is 2. The number of rotatable bonds is 3. The molecule has 2 saturated heterocycles. The Balaban J connectivity index is 1.56. The molecule has 1 aromatic carbocycles. The fourth-order valence-corrected chi connectivity index (χ4v) is 3.59. The lowest BCUT2D eigenvalue weighted by Crippen LogP contribution is -2.52. The van der Waals surface area contributed by atoms with E-state index in [1.165, 1.54) is 0 Å². The number of hydrogen-bond donors (Lipinski definition) is 1. The second-order valence-electron chi connectivity index (χ2n) is 6.97. The van der Waals surface area contributed by atoms with Crippen LogP contribution in [0.1, 0.15) is 36.0 Å². The third-order valence-electron chi connectivity index (χ3n) is 5.07. The Morgan fingerprint density at radius 2 is 1.88 bits per heavy atom. The molecule has 1 aromatic rings. The van der Waals surface area contributed by atoms with Crippen molar-refractivity contribution in [3.63, 3.8) is 0 Å². The molecule has 2 aliphatic rings. The maximum atomic E-state index is 12.6. The summed E-state index contributed by atoms with van der Waals surface area (Å²) in [5.41, 5.74) is 0.663. The summed E-state index contributed by atoms with van der Waals surface area (Å²) >= 11 is 0. The minimum absolute atomic E-state index is 0.00156. The third kappa shape index (κ3) is 4.18.